The molecule has 0 aliphatic carbocycles. The Hall–Kier alpha value is -1.62. The Labute approximate surface area is 139 Å². The summed E-state index contributed by atoms with van der Waals surface area (Å²) in [5.41, 5.74) is 1.24. The third-order valence-corrected chi connectivity index (χ3v) is 5.30. The Morgan fingerprint density at radius 3 is 2.30 bits per heavy atom. The molecule has 1 fully saturated rings. The summed E-state index contributed by atoms with van der Waals surface area (Å²) in [7, 11) is 0. The van der Waals surface area contributed by atoms with Crippen molar-refractivity contribution in [3.8, 4) is 0 Å². The van der Waals surface area contributed by atoms with E-state index in [1.165, 1.54) is 56.3 Å². The van der Waals surface area contributed by atoms with E-state index in [1.54, 1.807) is 12.1 Å². The van der Waals surface area contributed by atoms with Crippen LogP contribution in [-0.2, 0) is 0 Å². The summed E-state index contributed by atoms with van der Waals surface area (Å²) < 4.78 is 1.31. The average Bonchev–Trinajstić information content (AvgIpc) is 3.04. The quantitative estimate of drug-likeness (QED) is 0.301. The van der Waals surface area contributed by atoms with Crippen LogP contribution >= 0.6 is 0 Å². The van der Waals surface area contributed by atoms with Gasteiger partial charge < -0.3 is 9.38 Å². The SMILES string of the molecule is CCN(CCCC[N+]1(CC)CCCC1)c1ccc([N+](=O)[O-])cc1. The predicted octanol–water partition coefficient (Wildman–Crippen LogP) is 3.83. The van der Waals surface area contributed by atoms with Gasteiger partial charge in [-0.05, 0) is 38.8 Å². The Morgan fingerprint density at radius 2 is 1.78 bits per heavy atom. The van der Waals surface area contributed by atoms with E-state index in [4.69, 9.17) is 0 Å². The number of non-ortho nitro benzene ring substituents is 1. The molecule has 1 saturated heterocycles. The minimum atomic E-state index is -0.343. The number of nitrogens with zero attached hydrogens (tertiary/aromatic N) is 3. The first kappa shape index (κ1) is 17.7. The van der Waals surface area contributed by atoms with E-state index in [0.717, 1.165) is 18.8 Å². The molecule has 0 atom stereocenters. The van der Waals surface area contributed by atoms with Gasteiger partial charge in [0, 0.05) is 43.8 Å². The molecule has 0 amide bonds. The van der Waals surface area contributed by atoms with E-state index in [-0.39, 0.29) is 10.6 Å². The standard InChI is InChI=1S/C18H30N3O2/c1-3-19(17-9-11-18(12-10-17)20(22)23)13-5-6-14-21(4-2)15-7-8-16-21/h9-12H,3-8,13-16H2,1-2H3/q+1. The summed E-state index contributed by atoms with van der Waals surface area (Å²) in [6, 6.07) is 6.92. The maximum atomic E-state index is 10.7. The normalized spacial score (nSPS) is 16.4. The van der Waals surface area contributed by atoms with Gasteiger partial charge >= 0.3 is 0 Å². The summed E-state index contributed by atoms with van der Waals surface area (Å²) in [6.07, 6.45) is 5.22. The van der Waals surface area contributed by atoms with Crippen LogP contribution in [0.4, 0.5) is 11.4 Å². The number of quaternary nitrogens is 1. The molecule has 2 rings (SSSR count). The highest BCUT2D eigenvalue weighted by Gasteiger charge is 2.29. The van der Waals surface area contributed by atoms with Crippen LogP contribution in [0.1, 0.15) is 39.5 Å². The zero-order chi connectivity index (χ0) is 16.7. The molecule has 23 heavy (non-hydrogen) atoms. The molecule has 5 nitrogen and oxygen atoms in total. The van der Waals surface area contributed by atoms with Crippen molar-refractivity contribution in [3.63, 3.8) is 0 Å². The van der Waals surface area contributed by atoms with Gasteiger partial charge in [0.2, 0.25) is 0 Å². The van der Waals surface area contributed by atoms with Crippen molar-refractivity contribution in [2.45, 2.75) is 39.5 Å². The first-order valence-corrected chi connectivity index (χ1v) is 8.95. The van der Waals surface area contributed by atoms with Crippen molar-refractivity contribution in [3.05, 3.63) is 34.4 Å². The molecule has 128 valence electrons. The van der Waals surface area contributed by atoms with Crippen LogP contribution in [0, 0.1) is 10.1 Å². The molecule has 0 N–H and O–H groups in total. The number of anilines is 1. The number of likely N-dealkylation sites (tertiary alicyclic amines) is 1. The van der Waals surface area contributed by atoms with Gasteiger partial charge in [0.25, 0.3) is 5.69 Å². The Kier molecular flexibility index (Phi) is 6.39. The third-order valence-electron chi connectivity index (χ3n) is 5.30. The molecule has 0 saturated carbocycles. The predicted molar refractivity (Wildman–Crippen MR) is 94.9 cm³/mol. The molecule has 0 bridgehead atoms. The molecule has 1 aliphatic rings. The second-order valence-electron chi connectivity index (χ2n) is 6.60. The molecule has 1 aromatic rings. The van der Waals surface area contributed by atoms with E-state index < -0.39 is 0 Å². The van der Waals surface area contributed by atoms with Gasteiger partial charge in [-0.25, -0.2) is 0 Å². The number of nitro groups is 1. The maximum Gasteiger partial charge on any atom is 0.269 e. The number of unbranched alkanes of at least 4 members (excludes halogenated alkanes) is 1. The molecule has 5 heteroatoms. The first-order valence-electron chi connectivity index (χ1n) is 8.95. The molecule has 0 aromatic heterocycles. The number of rotatable bonds is 9. The smallest absolute Gasteiger partial charge is 0.269 e. The highest BCUT2D eigenvalue weighted by atomic mass is 16.6. The van der Waals surface area contributed by atoms with Crippen molar-refractivity contribution in [1.82, 2.24) is 0 Å². The Balaban J connectivity index is 1.81. The van der Waals surface area contributed by atoms with Crippen LogP contribution in [0.2, 0.25) is 0 Å². The number of hydrogen-bond acceptors (Lipinski definition) is 3. The number of nitro benzene ring substituents is 1. The fourth-order valence-corrected chi connectivity index (χ4v) is 3.71. The highest BCUT2D eigenvalue weighted by Crippen LogP contribution is 2.22. The second-order valence-corrected chi connectivity index (χ2v) is 6.60. The molecular weight excluding hydrogens is 290 g/mol. The number of hydrogen-bond donors (Lipinski definition) is 0. The van der Waals surface area contributed by atoms with E-state index in [0.29, 0.717) is 0 Å². The van der Waals surface area contributed by atoms with E-state index >= 15 is 0 Å². The van der Waals surface area contributed by atoms with Gasteiger partial charge in [0.05, 0.1) is 31.1 Å². The van der Waals surface area contributed by atoms with Crippen molar-refractivity contribution in [2.75, 3.05) is 44.2 Å². The largest absolute Gasteiger partial charge is 0.372 e. The fourth-order valence-electron chi connectivity index (χ4n) is 3.71. The molecule has 1 aliphatic heterocycles. The molecule has 0 spiro atoms. The first-order chi connectivity index (χ1) is 11.1. The van der Waals surface area contributed by atoms with E-state index in [9.17, 15) is 10.1 Å². The number of benzene rings is 1. The molecular formula is C18H30N3O2+. The molecule has 0 unspecified atom stereocenters. The van der Waals surface area contributed by atoms with Crippen molar-refractivity contribution in [2.24, 2.45) is 0 Å². The van der Waals surface area contributed by atoms with Crippen LogP contribution in [0.3, 0.4) is 0 Å². The molecule has 0 radical (unpaired) electrons. The lowest BCUT2D eigenvalue weighted by Crippen LogP contribution is -2.45. The summed E-state index contributed by atoms with van der Waals surface area (Å²) in [6.45, 7) is 11.7. The molecule has 1 aromatic carbocycles. The van der Waals surface area contributed by atoms with Gasteiger partial charge in [-0.1, -0.05) is 0 Å². The van der Waals surface area contributed by atoms with Crippen LogP contribution in [0.15, 0.2) is 24.3 Å². The molecule has 1 heterocycles. The van der Waals surface area contributed by atoms with Crippen LogP contribution < -0.4 is 4.90 Å². The van der Waals surface area contributed by atoms with Crippen molar-refractivity contribution >= 4 is 11.4 Å². The van der Waals surface area contributed by atoms with Crippen LogP contribution in [0.25, 0.3) is 0 Å². The summed E-state index contributed by atoms with van der Waals surface area (Å²) >= 11 is 0. The van der Waals surface area contributed by atoms with E-state index in [2.05, 4.69) is 18.7 Å². The lowest BCUT2D eigenvalue weighted by Gasteiger charge is -2.33. The average molecular weight is 320 g/mol. The maximum absolute atomic E-state index is 10.7. The highest BCUT2D eigenvalue weighted by molar-refractivity contribution is 5.50. The zero-order valence-corrected chi connectivity index (χ0v) is 14.5. The third kappa shape index (κ3) is 4.67. The van der Waals surface area contributed by atoms with Gasteiger partial charge in [0.15, 0.2) is 0 Å². The minimum absolute atomic E-state index is 0.160. The fraction of sp³-hybridized carbons (Fsp3) is 0.667. The van der Waals surface area contributed by atoms with Crippen LogP contribution in [-0.4, -0.2) is 48.7 Å². The zero-order valence-electron chi connectivity index (χ0n) is 14.5. The van der Waals surface area contributed by atoms with Crippen molar-refractivity contribution in [1.29, 1.82) is 0 Å². The van der Waals surface area contributed by atoms with Gasteiger partial charge in [-0.3, -0.25) is 10.1 Å². The summed E-state index contributed by atoms with van der Waals surface area (Å²) in [5.74, 6) is 0. The summed E-state index contributed by atoms with van der Waals surface area (Å²) in [4.78, 5) is 12.7. The van der Waals surface area contributed by atoms with Gasteiger partial charge in [-0.2, -0.15) is 0 Å². The monoisotopic (exact) mass is 320 g/mol. The second kappa shape index (κ2) is 8.29. The lowest BCUT2D eigenvalue weighted by atomic mass is 10.2. The Bertz CT molecular complexity index is 495. The summed E-state index contributed by atoms with van der Waals surface area (Å²) in [5, 5.41) is 10.7. The Morgan fingerprint density at radius 1 is 1.13 bits per heavy atom. The lowest BCUT2D eigenvalue weighted by molar-refractivity contribution is -0.915. The van der Waals surface area contributed by atoms with E-state index in [1.807, 2.05) is 12.1 Å². The van der Waals surface area contributed by atoms with Gasteiger partial charge in [0.1, 0.15) is 0 Å². The topological polar surface area (TPSA) is 46.4 Å². The van der Waals surface area contributed by atoms with Crippen LogP contribution in [0.5, 0.6) is 0 Å². The minimum Gasteiger partial charge on any atom is -0.372 e. The van der Waals surface area contributed by atoms with Gasteiger partial charge in [-0.15, -0.1) is 0 Å². The van der Waals surface area contributed by atoms with Crippen molar-refractivity contribution < 1.29 is 9.41 Å².